The third kappa shape index (κ3) is 4.21. The fourth-order valence-corrected chi connectivity index (χ4v) is 1.88. The molecular weight excluding hydrogens is 280 g/mol. The van der Waals surface area contributed by atoms with Gasteiger partial charge in [-0.1, -0.05) is 18.1 Å². The Labute approximate surface area is 129 Å². The first-order valence-electron chi connectivity index (χ1n) is 6.98. The standard InChI is InChI=1S/C17H18N2O3/c1-3-19-13-18-11-16(19)17(20)5-4-10-22-12-14-6-8-15(21-2)9-7-14/h6-9,11,13H,3,10,12H2,1-2H3. The molecule has 0 aliphatic carbocycles. The van der Waals surface area contributed by atoms with Gasteiger partial charge in [0, 0.05) is 6.54 Å². The number of benzene rings is 1. The second kappa shape index (κ2) is 8.01. The molecule has 0 saturated carbocycles. The SMILES string of the molecule is CCn1cncc1C(=O)C#CCOCc1ccc(OC)cc1. The Morgan fingerprint density at radius 3 is 2.77 bits per heavy atom. The number of Topliss-reactive ketones (excluding diaryl/α,β-unsaturated/α-hetero) is 1. The first kappa shape index (κ1) is 15.8. The van der Waals surface area contributed by atoms with Crippen molar-refractivity contribution in [3.05, 3.63) is 48.0 Å². The lowest BCUT2D eigenvalue weighted by Gasteiger charge is -2.02. The maximum atomic E-state index is 11.9. The van der Waals surface area contributed by atoms with E-state index in [-0.39, 0.29) is 12.4 Å². The number of carbonyl (C=O) groups excluding carboxylic acids is 1. The van der Waals surface area contributed by atoms with E-state index >= 15 is 0 Å². The molecule has 0 radical (unpaired) electrons. The minimum Gasteiger partial charge on any atom is -0.497 e. The van der Waals surface area contributed by atoms with E-state index in [9.17, 15) is 4.79 Å². The topological polar surface area (TPSA) is 53.4 Å². The van der Waals surface area contributed by atoms with Gasteiger partial charge in [0.05, 0.1) is 26.2 Å². The summed E-state index contributed by atoms with van der Waals surface area (Å²) >= 11 is 0. The molecule has 2 aromatic rings. The number of aromatic nitrogens is 2. The summed E-state index contributed by atoms with van der Waals surface area (Å²) in [6, 6.07) is 7.61. The van der Waals surface area contributed by atoms with Crippen molar-refractivity contribution in [1.29, 1.82) is 0 Å². The van der Waals surface area contributed by atoms with Gasteiger partial charge in [-0.05, 0) is 30.5 Å². The molecule has 1 heterocycles. The number of nitrogens with zero attached hydrogens (tertiary/aromatic N) is 2. The molecule has 0 atom stereocenters. The quantitative estimate of drug-likeness (QED) is 0.355. The van der Waals surface area contributed by atoms with Gasteiger partial charge in [-0.3, -0.25) is 4.79 Å². The molecule has 0 bridgehead atoms. The van der Waals surface area contributed by atoms with Crippen molar-refractivity contribution in [3.8, 4) is 17.6 Å². The lowest BCUT2D eigenvalue weighted by molar-refractivity contribution is 0.104. The van der Waals surface area contributed by atoms with E-state index in [0.29, 0.717) is 18.8 Å². The van der Waals surface area contributed by atoms with Crippen molar-refractivity contribution in [1.82, 2.24) is 9.55 Å². The van der Waals surface area contributed by atoms with Gasteiger partial charge >= 0.3 is 0 Å². The van der Waals surface area contributed by atoms with E-state index in [2.05, 4.69) is 16.8 Å². The Balaban J connectivity index is 1.80. The zero-order chi connectivity index (χ0) is 15.8. The van der Waals surface area contributed by atoms with Crippen LogP contribution in [0.5, 0.6) is 5.75 Å². The number of ketones is 1. The normalized spacial score (nSPS) is 9.91. The van der Waals surface area contributed by atoms with Crippen LogP contribution in [0, 0.1) is 11.8 Å². The lowest BCUT2D eigenvalue weighted by Crippen LogP contribution is -2.05. The third-order valence-corrected chi connectivity index (χ3v) is 3.09. The number of ether oxygens (including phenoxy) is 2. The summed E-state index contributed by atoms with van der Waals surface area (Å²) in [7, 11) is 1.63. The van der Waals surface area contributed by atoms with Gasteiger partial charge in [0.1, 0.15) is 18.1 Å². The van der Waals surface area contributed by atoms with Gasteiger partial charge in [0.25, 0.3) is 5.78 Å². The highest BCUT2D eigenvalue weighted by atomic mass is 16.5. The highest BCUT2D eigenvalue weighted by molar-refractivity contribution is 6.07. The van der Waals surface area contributed by atoms with Crippen molar-refractivity contribution in [2.45, 2.75) is 20.1 Å². The number of hydrogen-bond donors (Lipinski definition) is 0. The molecule has 114 valence electrons. The molecule has 0 aliphatic rings. The molecule has 0 saturated heterocycles. The van der Waals surface area contributed by atoms with Crippen molar-refractivity contribution >= 4 is 5.78 Å². The van der Waals surface area contributed by atoms with Gasteiger partial charge in [-0.25, -0.2) is 4.98 Å². The summed E-state index contributed by atoms with van der Waals surface area (Å²) < 4.78 is 12.3. The summed E-state index contributed by atoms with van der Waals surface area (Å²) in [6.45, 7) is 3.29. The van der Waals surface area contributed by atoms with Crippen LogP contribution in [-0.2, 0) is 17.9 Å². The Morgan fingerprint density at radius 2 is 2.09 bits per heavy atom. The summed E-state index contributed by atoms with van der Waals surface area (Å²) in [5.41, 5.74) is 1.53. The number of imidazole rings is 1. The summed E-state index contributed by atoms with van der Waals surface area (Å²) in [6.07, 6.45) is 3.15. The molecule has 0 amide bonds. The van der Waals surface area contributed by atoms with Gasteiger partial charge in [0.15, 0.2) is 0 Å². The average Bonchev–Trinajstić information content (AvgIpc) is 3.03. The van der Waals surface area contributed by atoms with Crippen molar-refractivity contribution in [3.63, 3.8) is 0 Å². The lowest BCUT2D eigenvalue weighted by atomic mass is 10.2. The first-order chi connectivity index (χ1) is 10.7. The van der Waals surface area contributed by atoms with Crippen molar-refractivity contribution < 1.29 is 14.3 Å². The molecule has 0 fully saturated rings. The van der Waals surface area contributed by atoms with Crippen LogP contribution in [0.3, 0.4) is 0 Å². The van der Waals surface area contributed by atoms with Crippen LogP contribution in [0.25, 0.3) is 0 Å². The van der Waals surface area contributed by atoms with Gasteiger partial charge in [0.2, 0.25) is 0 Å². The Kier molecular flexibility index (Phi) is 5.75. The van der Waals surface area contributed by atoms with Crippen LogP contribution < -0.4 is 4.74 Å². The minimum atomic E-state index is -0.243. The van der Waals surface area contributed by atoms with E-state index in [0.717, 1.165) is 11.3 Å². The molecule has 5 heteroatoms. The first-order valence-corrected chi connectivity index (χ1v) is 6.98. The molecule has 0 spiro atoms. The Bertz CT molecular complexity index is 678. The zero-order valence-corrected chi connectivity index (χ0v) is 12.7. The van der Waals surface area contributed by atoms with Gasteiger partial charge < -0.3 is 14.0 Å². The number of methoxy groups -OCH3 is 1. The van der Waals surface area contributed by atoms with E-state index < -0.39 is 0 Å². The molecule has 1 aromatic carbocycles. The van der Waals surface area contributed by atoms with Crippen LogP contribution in [0.15, 0.2) is 36.8 Å². The van der Waals surface area contributed by atoms with E-state index in [1.807, 2.05) is 31.2 Å². The van der Waals surface area contributed by atoms with Gasteiger partial charge in [-0.15, -0.1) is 0 Å². The number of rotatable bonds is 6. The largest absolute Gasteiger partial charge is 0.497 e. The number of aryl methyl sites for hydroxylation is 1. The molecular formula is C17H18N2O3. The predicted molar refractivity (Wildman–Crippen MR) is 82.7 cm³/mol. The monoisotopic (exact) mass is 298 g/mol. The molecule has 2 rings (SSSR count). The van der Waals surface area contributed by atoms with Crippen LogP contribution in [0.1, 0.15) is 23.0 Å². The van der Waals surface area contributed by atoms with E-state index in [1.165, 1.54) is 6.20 Å². The molecule has 22 heavy (non-hydrogen) atoms. The van der Waals surface area contributed by atoms with Crippen molar-refractivity contribution in [2.24, 2.45) is 0 Å². The highest BCUT2D eigenvalue weighted by Crippen LogP contribution is 2.11. The predicted octanol–water partition coefficient (Wildman–Crippen LogP) is 2.31. The maximum absolute atomic E-state index is 11.9. The third-order valence-electron chi connectivity index (χ3n) is 3.09. The summed E-state index contributed by atoms with van der Waals surface area (Å²) in [5, 5.41) is 0. The molecule has 0 N–H and O–H groups in total. The maximum Gasteiger partial charge on any atom is 0.253 e. The fraction of sp³-hybridized carbons (Fsp3) is 0.294. The molecule has 0 unspecified atom stereocenters. The van der Waals surface area contributed by atoms with Crippen molar-refractivity contribution in [2.75, 3.05) is 13.7 Å². The van der Waals surface area contributed by atoms with E-state index in [1.54, 1.807) is 18.0 Å². The van der Waals surface area contributed by atoms with Crippen LogP contribution in [0.4, 0.5) is 0 Å². The molecule has 5 nitrogen and oxygen atoms in total. The van der Waals surface area contributed by atoms with Crippen LogP contribution >= 0.6 is 0 Å². The highest BCUT2D eigenvalue weighted by Gasteiger charge is 2.07. The summed E-state index contributed by atoms with van der Waals surface area (Å²) in [4.78, 5) is 15.8. The molecule has 0 aliphatic heterocycles. The number of carbonyl (C=O) groups is 1. The second-order valence-corrected chi connectivity index (χ2v) is 4.54. The zero-order valence-electron chi connectivity index (χ0n) is 12.7. The fourth-order valence-electron chi connectivity index (χ4n) is 1.88. The number of hydrogen-bond acceptors (Lipinski definition) is 4. The van der Waals surface area contributed by atoms with Crippen LogP contribution in [0.2, 0.25) is 0 Å². The van der Waals surface area contributed by atoms with Crippen LogP contribution in [-0.4, -0.2) is 29.1 Å². The second-order valence-electron chi connectivity index (χ2n) is 4.54. The molecule has 1 aromatic heterocycles. The smallest absolute Gasteiger partial charge is 0.253 e. The Morgan fingerprint density at radius 1 is 1.32 bits per heavy atom. The average molecular weight is 298 g/mol. The van der Waals surface area contributed by atoms with E-state index in [4.69, 9.17) is 9.47 Å². The summed E-state index contributed by atoms with van der Waals surface area (Å²) in [5.74, 6) is 5.86. The Hall–Kier alpha value is -2.58. The minimum absolute atomic E-state index is 0.206. The van der Waals surface area contributed by atoms with Gasteiger partial charge in [-0.2, -0.15) is 0 Å².